The molecule has 0 saturated carbocycles. The first-order valence-corrected chi connectivity index (χ1v) is 18.2. The predicted octanol–water partition coefficient (Wildman–Crippen LogP) is 10.9. The van der Waals surface area contributed by atoms with Crippen molar-refractivity contribution in [1.29, 1.82) is 0 Å². The van der Waals surface area contributed by atoms with Crippen LogP contribution in [0.5, 0.6) is 11.5 Å². The van der Waals surface area contributed by atoms with E-state index in [2.05, 4.69) is 19.2 Å². The van der Waals surface area contributed by atoms with Crippen molar-refractivity contribution in [2.75, 3.05) is 18.5 Å². The van der Waals surface area contributed by atoms with Crippen molar-refractivity contribution in [2.24, 2.45) is 0 Å². The van der Waals surface area contributed by atoms with E-state index in [-0.39, 0.29) is 22.4 Å². The summed E-state index contributed by atoms with van der Waals surface area (Å²) in [5, 5.41) is 21.5. The minimum Gasteiger partial charge on any atom is -0.493 e. The molecule has 8 heteroatoms. The number of benzene rings is 2. The molecular weight excluding hydrogens is 594 g/mol. The van der Waals surface area contributed by atoms with Crippen LogP contribution in [0.25, 0.3) is 0 Å². The lowest BCUT2D eigenvalue weighted by Gasteiger charge is -2.13. The Kier molecular flexibility index (Phi) is 20.7. The molecule has 0 atom stereocenters. The van der Waals surface area contributed by atoms with Gasteiger partial charge in [0.1, 0.15) is 11.5 Å². The third-order valence-corrected chi connectivity index (χ3v) is 8.36. The zero-order chi connectivity index (χ0) is 34.1. The summed E-state index contributed by atoms with van der Waals surface area (Å²) in [6, 6.07) is 8.61. The molecule has 0 spiro atoms. The number of amides is 1. The van der Waals surface area contributed by atoms with Gasteiger partial charge in [0.15, 0.2) is 0 Å². The van der Waals surface area contributed by atoms with Gasteiger partial charge >= 0.3 is 11.9 Å². The smallest absolute Gasteiger partial charge is 0.335 e. The van der Waals surface area contributed by atoms with Crippen molar-refractivity contribution in [1.82, 2.24) is 0 Å². The van der Waals surface area contributed by atoms with Crippen LogP contribution in [-0.4, -0.2) is 41.3 Å². The quantitative estimate of drug-likeness (QED) is 0.0781. The predicted molar refractivity (Wildman–Crippen MR) is 189 cm³/mol. The van der Waals surface area contributed by atoms with E-state index < -0.39 is 17.8 Å². The van der Waals surface area contributed by atoms with Gasteiger partial charge in [0.05, 0.1) is 24.3 Å². The molecule has 2 aromatic rings. The van der Waals surface area contributed by atoms with Crippen molar-refractivity contribution in [2.45, 2.75) is 142 Å². The molecule has 0 heterocycles. The minimum absolute atomic E-state index is 0.0804. The summed E-state index contributed by atoms with van der Waals surface area (Å²) in [7, 11) is 0. The van der Waals surface area contributed by atoms with E-state index in [1.54, 1.807) is 18.2 Å². The number of anilines is 1. The molecule has 0 bridgehead atoms. The Morgan fingerprint density at radius 2 is 0.851 bits per heavy atom. The van der Waals surface area contributed by atoms with E-state index in [0.717, 1.165) is 31.7 Å². The van der Waals surface area contributed by atoms with E-state index in [9.17, 15) is 24.6 Å². The molecule has 0 aromatic heterocycles. The molecule has 8 nitrogen and oxygen atoms in total. The normalized spacial score (nSPS) is 10.9. The number of unbranched alkanes of at least 4 members (excludes halogenated alkanes) is 18. The lowest BCUT2D eigenvalue weighted by molar-refractivity contribution is 0.0696. The number of hydrogen-bond donors (Lipinski definition) is 3. The van der Waals surface area contributed by atoms with Crippen LogP contribution >= 0.6 is 0 Å². The van der Waals surface area contributed by atoms with Crippen molar-refractivity contribution in [3.8, 4) is 11.5 Å². The molecule has 0 saturated heterocycles. The van der Waals surface area contributed by atoms with Gasteiger partial charge in [0, 0.05) is 17.3 Å². The van der Waals surface area contributed by atoms with E-state index >= 15 is 0 Å². The Morgan fingerprint density at radius 1 is 0.489 bits per heavy atom. The fourth-order valence-electron chi connectivity index (χ4n) is 5.58. The average Bonchev–Trinajstić information content (AvgIpc) is 3.05. The molecule has 0 aliphatic heterocycles. The monoisotopic (exact) mass is 653 g/mol. The van der Waals surface area contributed by atoms with Gasteiger partial charge in [-0.25, -0.2) is 9.59 Å². The lowest BCUT2D eigenvalue weighted by atomic mass is 10.1. The maximum Gasteiger partial charge on any atom is 0.335 e. The summed E-state index contributed by atoms with van der Waals surface area (Å²) >= 11 is 0. The highest BCUT2D eigenvalue weighted by molar-refractivity contribution is 6.06. The molecule has 262 valence electrons. The molecule has 0 unspecified atom stereocenters. The molecule has 0 aliphatic rings. The van der Waals surface area contributed by atoms with Gasteiger partial charge in [-0.1, -0.05) is 129 Å². The summed E-state index contributed by atoms with van der Waals surface area (Å²) in [6.07, 6.45) is 24.6. The van der Waals surface area contributed by atoms with Crippen molar-refractivity contribution >= 4 is 23.5 Å². The molecule has 1 amide bonds. The second kappa shape index (κ2) is 24.6. The molecule has 2 rings (SSSR count). The number of hydrogen-bond acceptors (Lipinski definition) is 5. The number of carbonyl (C=O) groups is 3. The van der Waals surface area contributed by atoms with Crippen LogP contribution in [0, 0.1) is 0 Å². The average molecular weight is 654 g/mol. The first kappa shape index (κ1) is 39.6. The summed E-state index contributed by atoms with van der Waals surface area (Å²) < 4.78 is 12.1. The van der Waals surface area contributed by atoms with E-state index in [4.69, 9.17) is 9.47 Å². The standard InChI is InChI=1S/C39H59NO7/c1-3-5-7-9-11-13-15-17-19-21-23-46-35-28-31(37(41)40-34-26-32(38(42)43)25-33(27-34)39(44)45)29-36(30-35)47-24-22-20-18-16-14-12-10-8-6-4-2/h25-30H,3-24H2,1-2H3,(H,40,41)(H,42,43)(H,44,45). The topological polar surface area (TPSA) is 122 Å². The minimum atomic E-state index is -1.28. The molecular formula is C39H59NO7. The highest BCUT2D eigenvalue weighted by atomic mass is 16.5. The summed E-state index contributed by atoms with van der Waals surface area (Å²) in [5.74, 6) is -2.03. The summed E-state index contributed by atoms with van der Waals surface area (Å²) in [6.45, 7) is 5.54. The number of carbonyl (C=O) groups excluding carboxylic acids is 1. The highest BCUT2D eigenvalue weighted by Crippen LogP contribution is 2.26. The zero-order valence-electron chi connectivity index (χ0n) is 29.0. The number of ether oxygens (including phenoxy) is 2. The second-order valence-electron chi connectivity index (χ2n) is 12.6. The van der Waals surface area contributed by atoms with Crippen LogP contribution in [0.15, 0.2) is 36.4 Å². The van der Waals surface area contributed by atoms with E-state index in [1.807, 2.05) is 0 Å². The van der Waals surface area contributed by atoms with Crippen LogP contribution in [0.3, 0.4) is 0 Å². The third kappa shape index (κ3) is 17.8. The van der Waals surface area contributed by atoms with Gasteiger partial charge < -0.3 is 25.0 Å². The fourth-order valence-corrected chi connectivity index (χ4v) is 5.58. The summed E-state index contributed by atoms with van der Waals surface area (Å²) in [5.41, 5.74) is -0.0957. The van der Waals surface area contributed by atoms with Crippen molar-refractivity contribution < 1.29 is 34.1 Å². The molecule has 0 radical (unpaired) electrons. The van der Waals surface area contributed by atoms with Gasteiger partial charge in [-0.3, -0.25) is 4.79 Å². The van der Waals surface area contributed by atoms with Crippen molar-refractivity contribution in [3.63, 3.8) is 0 Å². The van der Waals surface area contributed by atoms with E-state index in [1.165, 1.54) is 115 Å². The third-order valence-electron chi connectivity index (χ3n) is 8.36. The number of carboxylic acid groups (broad SMARTS) is 2. The van der Waals surface area contributed by atoms with Gasteiger partial charge in [0.25, 0.3) is 5.91 Å². The highest BCUT2D eigenvalue weighted by Gasteiger charge is 2.15. The number of nitrogens with one attached hydrogen (secondary N) is 1. The Hall–Kier alpha value is -3.55. The first-order chi connectivity index (χ1) is 22.8. The fraction of sp³-hybridized carbons (Fsp3) is 0.615. The van der Waals surface area contributed by atoms with Gasteiger partial charge in [0.2, 0.25) is 0 Å². The van der Waals surface area contributed by atoms with E-state index in [0.29, 0.717) is 24.7 Å². The zero-order valence-corrected chi connectivity index (χ0v) is 29.0. The molecule has 2 aromatic carbocycles. The number of carboxylic acids is 2. The SMILES string of the molecule is CCCCCCCCCCCCOc1cc(OCCCCCCCCCCCC)cc(C(=O)Nc2cc(C(=O)O)cc(C(=O)O)c2)c1. The van der Waals surface area contributed by atoms with Crippen LogP contribution < -0.4 is 14.8 Å². The largest absolute Gasteiger partial charge is 0.493 e. The van der Waals surface area contributed by atoms with Crippen molar-refractivity contribution in [3.05, 3.63) is 53.1 Å². The van der Waals surface area contributed by atoms with Gasteiger partial charge in [-0.2, -0.15) is 0 Å². The molecule has 0 fully saturated rings. The Labute approximate surface area is 282 Å². The molecule has 47 heavy (non-hydrogen) atoms. The second-order valence-corrected chi connectivity index (χ2v) is 12.6. The molecule has 0 aliphatic carbocycles. The van der Waals surface area contributed by atoms with Gasteiger partial charge in [-0.15, -0.1) is 0 Å². The summed E-state index contributed by atoms with van der Waals surface area (Å²) in [4.78, 5) is 36.3. The Bertz CT molecular complexity index is 1120. The van der Waals surface area contributed by atoms with Gasteiger partial charge in [-0.05, 0) is 43.2 Å². The Morgan fingerprint density at radius 3 is 1.21 bits per heavy atom. The van der Waals surface area contributed by atoms with Crippen LogP contribution in [0.1, 0.15) is 173 Å². The van der Waals surface area contributed by atoms with Crippen LogP contribution in [0.4, 0.5) is 5.69 Å². The first-order valence-electron chi connectivity index (χ1n) is 18.2. The van der Waals surface area contributed by atoms with Crippen LogP contribution in [-0.2, 0) is 0 Å². The van der Waals surface area contributed by atoms with Crippen LogP contribution in [0.2, 0.25) is 0 Å². The Balaban J connectivity index is 1.95. The maximum atomic E-state index is 13.3. The molecule has 3 N–H and O–H groups in total. The number of rotatable bonds is 28. The lowest BCUT2D eigenvalue weighted by Crippen LogP contribution is -2.14. The number of aromatic carboxylic acids is 2. The maximum absolute atomic E-state index is 13.3.